The van der Waals surface area contributed by atoms with Crippen molar-refractivity contribution in [2.24, 2.45) is 0 Å². The van der Waals surface area contributed by atoms with Gasteiger partial charge in [0.1, 0.15) is 5.75 Å². The van der Waals surface area contributed by atoms with Crippen molar-refractivity contribution in [2.45, 2.75) is 24.3 Å². The van der Waals surface area contributed by atoms with Crippen molar-refractivity contribution in [1.82, 2.24) is 5.32 Å². The number of hydrogen-bond donors (Lipinski definition) is 2. The van der Waals surface area contributed by atoms with Gasteiger partial charge in [-0.25, -0.2) is 8.42 Å². The van der Waals surface area contributed by atoms with Gasteiger partial charge in [0.2, 0.25) is 0 Å². The van der Waals surface area contributed by atoms with Crippen molar-refractivity contribution >= 4 is 21.6 Å². The summed E-state index contributed by atoms with van der Waals surface area (Å²) in [4.78, 5) is 12.8. The number of sulfonamides is 1. The topological polar surface area (TPSA) is 84.5 Å². The van der Waals surface area contributed by atoms with E-state index < -0.39 is 10.0 Å². The Morgan fingerprint density at radius 2 is 1.67 bits per heavy atom. The zero-order valence-electron chi connectivity index (χ0n) is 16.8. The molecule has 30 heavy (non-hydrogen) atoms. The molecule has 0 aliphatic carbocycles. The summed E-state index contributed by atoms with van der Waals surface area (Å²) in [7, 11) is -2.21. The van der Waals surface area contributed by atoms with Gasteiger partial charge in [0.15, 0.2) is 0 Å². The van der Waals surface area contributed by atoms with Crippen LogP contribution in [0, 0.1) is 0 Å². The summed E-state index contributed by atoms with van der Waals surface area (Å²) in [6, 6.07) is 21.9. The smallest absolute Gasteiger partial charge is 0.261 e. The molecule has 0 spiro atoms. The van der Waals surface area contributed by atoms with Crippen molar-refractivity contribution in [3.63, 3.8) is 0 Å². The zero-order valence-corrected chi connectivity index (χ0v) is 17.6. The van der Waals surface area contributed by atoms with Gasteiger partial charge in [0.25, 0.3) is 15.9 Å². The van der Waals surface area contributed by atoms with Gasteiger partial charge in [0.05, 0.1) is 18.0 Å². The van der Waals surface area contributed by atoms with Crippen LogP contribution in [0.25, 0.3) is 0 Å². The lowest BCUT2D eigenvalue weighted by molar-refractivity contribution is 0.0935. The number of para-hydroxylation sites is 1. The molecule has 0 aliphatic rings. The number of carbonyl (C=O) groups excluding carboxylic acids is 1. The van der Waals surface area contributed by atoms with Gasteiger partial charge in [-0.05, 0) is 54.4 Å². The maximum Gasteiger partial charge on any atom is 0.261 e. The van der Waals surface area contributed by atoms with E-state index in [1.165, 1.54) is 12.1 Å². The number of ether oxygens (including phenoxy) is 1. The number of nitrogens with one attached hydrogen (secondary N) is 2. The minimum Gasteiger partial charge on any atom is -0.497 e. The number of benzene rings is 3. The maximum atomic E-state index is 12.8. The molecule has 7 heteroatoms. The predicted molar refractivity (Wildman–Crippen MR) is 117 cm³/mol. The lowest BCUT2D eigenvalue weighted by atomic mass is 10.0. The van der Waals surface area contributed by atoms with Crippen LogP contribution in [0.3, 0.4) is 0 Å². The van der Waals surface area contributed by atoms with Gasteiger partial charge in [-0.15, -0.1) is 0 Å². The first-order valence-corrected chi connectivity index (χ1v) is 11.0. The summed E-state index contributed by atoms with van der Waals surface area (Å²) in [5, 5.41) is 2.97. The van der Waals surface area contributed by atoms with E-state index in [1.54, 1.807) is 49.6 Å². The summed E-state index contributed by atoms with van der Waals surface area (Å²) in [5.74, 6) is 0.401. The first kappa shape index (κ1) is 21.4. The maximum absolute atomic E-state index is 12.8. The summed E-state index contributed by atoms with van der Waals surface area (Å²) >= 11 is 0. The monoisotopic (exact) mass is 424 g/mol. The third-order valence-electron chi connectivity index (χ3n) is 4.66. The van der Waals surface area contributed by atoms with Crippen LogP contribution in [0.15, 0.2) is 83.8 Å². The molecule has 156 valence electrons. The van der Waals surface area contributed by atoms with Crippen molar-refractivity contribution in [2.75, 3.05) is 11.8 Å². The first-order valence-electron chi connectivity index (χ1n) is 9.55. The fourth-order valence-electron chi connectivity index (χ4n) is 3.02. The lowest BCUT2D eigenvalue weighted by Gasteiger charge is -2.18. The van der Waals surface area contributed by atoms with Crippen LogP contribution < -0.4 is 14.8 Å². The van der Waals surface area contributed by atoms with Crippen molar-refractivity contribution in [1.29, 1.82) is 0 Å². The average molecular weight is 425 g/mol. The van der Waals surface area contributed by atoms with E-state index in [4.69, 9.17) is 4.74 Å². The number of anilines is 1. The summed E-state index contributed by atoms with van der Waals surface area (Å²) in [5.41, 5.74) is 1.68. The average Bonchev–Trinajstić information content (AvgIpc) is 2.78. The Morgan fingerprint density at radius 1 is 0.967 bits per heavy atom. The van der Waals surface area contributed by atoms with E-state index in [0.717, 1.165) is 11.3 Å². The Bertz CT molecular complexity index is 1100. The van der Waals surface area contributed by atoms with Gasteiger partial charge in [0, 0.05) is 11.3 Å². The minimum atomic E-state index is -3.81. The Labute approximate surface area is 177 Å². The van der Waals surface area contributed by atoms with Crippen LogP contribution >= 0.6 is 0 Å². The van der Waals surface area contributed by atoms with E-state index in [-0.39, 0.29) is 22.4 Å². The fourth-order valence-corrected chi connectivity index (χ4v) is 4.13. The Balaban J connectivity index is 1.77. The molecule has 6 nitrogen and oxygen atoms in total. The van der Waals surface area contributed by atoms with Gasteiger partial charge in [-0.2, -0.15) is 0 Å². The lowest BCUT2D eigenvalue weighted by Crippen LogP contribution is -2.28. The number of methoxy groups -OCH3 is 1. The molecule has 2 N–H and O–H groups in total. The van der Waals surface area contributed by atoms with Crippen LogP contribution in [0.1, 0.15) is 35.3 Å². The fraction of sp³-hybridized carbons (Fsp3) is 0.174. The predicted octanol–water partition coefficient (Wildman–Crippen LogP) is 4.38. The molecule has 0 bridgehead atoms. The summed E-state index contributed by atoms with van der Waals surface area (Å²) < 4.78 is 33.1. The van der Waals surface area contributed by atoms with E-state index in [9.17, 15) is 13.2 Å². The number of hydrogen-bond acceptors (Lipinski definition) is 4. The van der Waals surface area contributed by atoms with Gasteiger partial charge in [-0.3, -0.25) is 9.52 Å². The molecule has 0 heterocycles. The Hall–Kier alpha value is -3.32. The summed E-state index contributed by atoms with van der Waals surface area (Å²) in [6.45, 7) is 1.97. The molecule has 1 amide bonds. The standard InChI is InChI=1S/C23H24N2O4S/c1-3-22(17-12-14-20(29-2)15-13-17)24-23(26)18-8-7-11-21(16-18)30(27,28)25-19-9-5-4-6-10-19/h4-16,22,25H,3H2,1-2H3,(H,24,26). The molecule has 3 aromatic carbocycles. The van der Waals surface area contributed by atoms with E-state index in [1.807, 2.05) is 31.2 Å². The molecular formula is C23H24N2O4S. The SMILES string of the molecule is CCC(NC(=O)c1cccc(S(=O)(=O)Nc2ccccc2)c1)c1ccc(OC)cc1. The normalized spacial score (nSPS) is 12.1. The second kappa shape index (κ2) is 9.45. The molecule has 3 rings (SSSR count). The van der Waals surface area contributed by atoms with Gasteiger partial charge < -0.3 is 10.1 Å². The molecule has 3 aromatic rings. The molecule has 0 aliphatic heterocycles. The Kier molecular flexibility index (Phi) is 6.74. The van der Waals surface area contributed by atoms with Crippen LogP contribution in [0.4, 0.5) is 5.69 Å². The van der Waals surface area contributed by atoms with E-state index in [0.29, 0.717) is 12.1 Å². The second-order valence-corrected chi connectivity index (χ2v) is 8.39. The number of carbonyl (C=O) groups is 1. The van der Waals surface area contributed by atoms with Crippen LogP contribution in [-0.2, 0) is 10.0 Å². The van der Waals surface area contributed by atoms with Crippen molar-refractivity contribution < 1.29 is 17.9 Å². The largest absolute Gasteiger partial charge is 0.497 e. The molecule has 0 saturated heterocycles. The minimum absolute atomic E-state index is 0.0245. The highest BCUT2D eigenvalue weighted by Gasteiger charge is 2.18. The number of amides is 1. The van der Waals surface area contributed by atoms with Gasteiger partial charge in [-0.1, -0.05) is 43.3 Å². The highest BCUT2D eigenvalue weighted by molar-refractivity contribution is 7.92. The molecule has 0 fully saturated rings. The highest BCUT2D eigenvalue weighted by Crippen LogP contribution is 2.22. The van der Waals surface area contributed by atoms with Crippen LogP contribution in [0.5, 0.6) is 5.75 Å². The molecule has 0 aromatic heterocycles. The van der Waals surface area contributed by atoms with E-state index in [2.05, 4.69) is 10.0 Å². The summed E-state index contributed by atoms with van der Waals surface area (Å²) in [6.07, 6.45) is 0.686. The quantitative estimate of drug-likeness (QED) is 0.562. The molecule has 1 unspecified atom stereocenters. The highest BCUT2D eigenvalue weighted by atomic mass is 32.2. The van der Waals surface area contributed by atoms with Crippen molar-refractivity contribution in [3.8, 4) is 5.75 Å². The molecule has 1 atom stereocenters. The number of rotatable bonds is 8. The molecular weight excluding hydrogens is 400 g/mol. The van der Waals surface area contributed by atoms with Crippen LogP contribution in [-0.4, -0.2) is 21.4 Å². The Morgan fingerprint density at radius 3 is 2.30 bits per heavy atom. The first-order chi connectivity index (χ1) is 14.4. The van der Waals surface area contributed by atoms with E-state index >= 15 is 0 Å². The van der Waals surface area contributed by atoms with Crippen LogP contribution in [0.2, 0.25) is 0 Å². The van der Waals surface area contributed by atoms with Crippen molar-refractivity contribution in [3.05, 3.63) is 90.0 Å². The van der Waals surface area contributed by atoms with Gasteiger partial charge >= 0.3 is 0 Å². The molecule has 0 saturated carbocycles. The zero-order chi connectivity index (χ0) is 21.6. The third-order valence-corrected chi connectivity index (χ3v) is 6.04. The molecule has 0 radical (unpaired) electrons. The second-order valence-electron chi connectivity index (χ2n) is 6.71. The third kappa shape index (κ3) is 5.18.